The predicted molar refractivity (Wildman–Crippen MR) is 61.3 cm³/mol. The summed E-state index contributed by atoms with van der Waals surface area (Å²) in [5.41, 5.74) is 2.73. The third-order valence-corrected chi connectivity index (χ3v) is 3.36. The molecule has 2 aromatic rings. The Balaban J connectivity index is 2.78. The van der Waals surface area contributed by atoms with Crippen LogP contribution in [-0.4, -0.2) is 16.5 Å². The molecule has 0 radical (unpaired) electrons. The normalized spacial score (nSPS) is 11.4. The minimum absolute atomic E-state index is 0.284. The second-order valence-electron chi connectivity index (χ2n) is 3.43. The van der Waals surface area contributed by atoms with Gasteiger partial charge in [0.2, 0.25) is 0 Å². The number of hydrogen-bond donors (Lipinski definition) is 0. The average molecular weight is 192 g/mol. The zero-order valence-electron chi connectivity index (χ0n) is 8.24. The van der Waals surface area contributed by atoms with Gasteiger partial charge in [0.15, 0.2) is 0 Å². The maximum atomic E-state index is 2.35. The SMILES string of the molecule is Cc1cn([S+](C)C)c2ccccc12. The molecule has 0 aliphatic heterocycles. The fraction of sp³-hybridized carbons (Fsp3) is 0.273. The van der Waals surface area contributed by atoms with Crippen LogP contribution in [0.25, 0.3) is 10.9 Å². The molecule has 0 aliphatic carbocycles. The highest BCUT2D eigenvalue weighted by atomic mass is 32.2. The zero-order chi connectivity index (χ0) is 9.42. The van der Waals surface area contributed by atoms with Crippen LogP contribution in [0.15, 0.2) is 30.5 Å². The molecule has 2 heteroatoms. The van der Waals surface area contributed by atoms with Crippen molar-refractivity contribution in [1.82, 2.24) is 3.97 Å². The van der Waals surface area contributed by atoms with Crippen LogP contribution >= 0.6 is 0 Å². The van der Waals surface area contributed by atoms with Crippen molar-refractivity contribution >= 4 is 22.0 Å². The number of rotatable bonds is 1. The van der Waals surface area contributed by atoms with Gasteiger partial charge in [0, 0.05) is 5.39 Å². The van der Waals surface area contributed by atoms with Gasteiger partial charge >= 0.3 is 0 Å². The monoisotopic (exact) mass is 192 g/mol. The van der Waals surface area contributed by atoms with Crippen LogP contribution in [0.1, 0.15) is 5.56 Å². The fourth-order valence-electron chi connectivity index (χ4n) is 1.62. The van der Waals surface area contributed by atoms with Crippen LogP contribution < -0.4 is 0 Å². The first-order valence-corrected chi connectivity index (χ1v) is 6.35. The predicted octanol–water partition coefficient (Wildman–Crippen LogP) is 2.59. The second-order valence-corrected chi connectivity index (χ2v) is 5.37. The van der Waals surface area contributed by atoms with Gasteiger partial charge in [-0.1, -0.05) is 18.2 Å². The number of para-hydroxylation sites is 1. The summed E-state index contributed by atoms with van der Waals surface area (Å²) in [5.74, 6) is 0. The molecule has 0 saturated heterocycles. The van der Waals surface area contributed by atoms with Crippen molar-refractivity contribution < 1.29 is 0 Å². The Labute approximate surface area is 81.9 Å². The summed E-state index contributed by atoms with van der Waals surface area (Å²) < 4.78 is 2.35. The van der Waals surface area contributed by atoms with Crippen molar-refractivity contribution in [1.29, 1.82) is 0 Å². The average Bonchev–Trinajstić information content (AvgIpc) is 2.45. The van der Waals surface area contributed by atoms with Crippen LogP contribution in [0.3, 0.4) is 0 Å². The van der Waals surface area contributed by atoms with Crippen LogP contribution in [0, 0.1) is 6.92 Å². The van der Waals surface area contributed by atoms with E-state index in [2.05, 4.69) is 53.9 Å². The van der Waals surface area contributed by atoms with Gasteiger partial charge in [-0.2, -0.15) is 3.97 Å². The molecule has 0 bridgehead atoms. The Morgan fingerprint density at radius 2 is 1.85 bits per heavy atom. The molecule has 0 N–H and O–H groups in total. The van der Waals surface area contributed by atoms with Crippen molar-refractivity contribution in [3.8, 4) is 0 Å². The van der Waals surface area contributed by atoms with Crippen molar-refractivity contribution in [2.75, 3.05) is 12.5 Å². The van der Waals surface area contributed by atoms with Gasteiger partial charge in [-0.3, -0.25) is 0 Å². The Bertz CT molecular complexity index is 429. The maximum absolute atomic E-state index is 2.35. The second kappa shape index (κ2) is 3.11. The lowest BCUT2D eigenvalue weighted by molar-refractivity contribution is 1.31. The lowest BCUT2D eigenvalue weighted by Crippen LogP contribution is -2.06. The zero-order valence-corrected chi connectivity index (χ0v) is 9.06. The van der Waals surface area contributed by atoms with Crippen molar-refractivity contribution in [3.05, 3.63) is 36.0 Å². The molecule has 0 unspecified atom stereocenters. The van der Waals surface area contributed by atoms with Gasteiger partial charge in [0.25, 0.3) is 0 Å². The Kier molecular flexibility index (Phi) is 2.08. The van der Waals surface area contributed by atoms with Crippen molar-refractivity contribution in [3.63, 3.8) is 0 Å². The lowest BCUT2D eigenvalue weighted by atomic mass is 10.2. The molecule has 2 rings (SSSR count). The standard InChI is InChI=1S/C11H14NS/c1-9-8-12(13(2)3)11-7-5-4-6-10(9)11/h4-8H,1-3H3/q+1. The Morgan fingerprint density at radius 3 is 2.54 bits per heavy atom. The smallest absolute Gasteiger partial charge is 0.123 e. The van der Waals surface area contributed by atoms with E-state index in [1.165, 1.54) is 16.5 Å². The third kappa shape index (κ3) is 1.35. The van der Waals surface area contributed by atoms with Gasteiger partial charge in [0.1, 0.15) is 12.5 Å². The van der Waals surface area contributed by atoms with E-state index < -0.39 is 0 Å². The highest BCUT2D eigenvalue weighted by Crippen LogP contribution is 2.21. The molecule has 1 aromatic heterocycles. The van der Waals surface area contributed by atoms with Gasteiger partial charge in [-0.15, -0.1) is 0 Å². The van der Waals surface area contributed by atoms with Crippen molar-refractivity contribution in [2.45, 2.75) is 6.92 Å². The Hall–Kier alpha value is -0.890. The fourth-order valence-corrected chi connectivity index (χ4v) is 2.54. The quantitative estimate of drug-likeness (QED) is 0.612. The number of aromatic nitrogens is 1. The van der Waals surface area contributed by atoms with Crippen LogP contribution in [0.2, 0.25) is 0 Å². The van der Waals surface area contributed by atoms with Crippen LogP contribution in [0.4, 0.5) is 0 Å². The van der Waals surface area contributed by atoms with E-state index in [9.17, 15) is 0 Å². The highest BCUT2D eigenvalue weighted by Gasteiger charge is 2.12. The van der Waals surface area contributed by atoms with Crippen LogP contribution in [-0.2, 0) is 11.1 Å². The lowest BCUT2D eigenvalue weighted by Gasteiger charge is -1.98. The molecule has 0 fully saturated rings. The van der Waals surface area contributed by atoms with E-state index in [1.807, 2.05) is 0 Å². The summed E-state index contributed by atoms with van der Waals surface area (Å²) in [6.07, 6.45) is 6.73. The number of aryl methyl sites for hydroxylation is 1. The molecule has 0 amide bonds. The van der Waals surface area contributed by atoms with Crippen LogP contribution in [0.5, 0.6) is 0 Å². The highest BCUT2D eigenvalue weighted by molar-refractivity contribution is 7.94. The summed E-state index contributed by atoms with van der Waals surface area (Å²) in [6.45, 7) is 2.17. The molecular weight excluding hydrogens is 178 g/mol. The van der Waals surface area contributed by atoms with E-state index in [-0.39, 0.29) is 11.1 Å². The number of benzene rings is 1. The van der Waals surface area contributed by atoms with Crippen molar-refractivity contribution in [2.24, 2.45) is 0 Å². The van der Waals surface area contributed by atoms with Gasteiger partial charge < -0.3 is 0 Å². The minimum atomic E-state index is 0.284. The minimum Gasteiger partial charge on any atom is -0.170 e. The largest absolute Gasteiger partial charge is 0.170 e. The van der Waals surface area contributed by atoms with E-state index >= 15 is 0 Å². The first-order chi connectivity index (χ1) is 6.20. The van der Waals surface area contributed by atoms with Gasteiger partial charge in [-0.05, 0) is 18.6 Å². The van der Waals surface area contributed by atoms with E-state index in [0.29, 0.717) is 0 Å². The maximum Gasteiger partial charge on any atom is 0.123 e. The molecule has 68 valence electrons. The first kappa shape index (κ1) is 8.70. The Morgan fingerprint density at radius 1 is 1.15 bits per heavy atom. The summed E-state index contributed by atoms with van der Waals surface area (Å²) in [5, 5.41) is 1.38. The first-order valence-electron chi connectivity index (χ1n) is 4.35. The molecule has 0 spiro atoms. The molecule has 0 aliphatic rings. The number of nitrogens with zero attached hydrogens (tertiary/aromatic N) is 1. The van der Waals surface area contributed by atoms with E-state index in [4.69, 9.17) is 0 Å². The van der Waals surface area contributed by atoms with Gasteiger partial charge in [-0.25, -0.2) is 0 Å². The summed E-state index contributed by atoms with van der Waals surface area (Å²) in [7, 11) is 0. The number of fused-ring (bicyclic) bond motifs is 1. The molecule has 1 heterocycles. The molecule has 0 saturated carbocycles. The van der Waals surface area contributed by atoms with E-state index in [1.54, 1.807) is 0 Å². The molecule has 1 aromatic carbocycles. The van der Waals surface area contributed by atoms with E-state index in [0.717, 1.165) is 0 Å². The van der Waals surface area contributed by atoms with Gasteiger partial charge in [0.05, 0.1) is 22.8 Å². The molecule has 0 atom stereocenters. The third-order valence-electron chi connectivity index (χ3n) is 2.27. The summed E-state index contributed by atoms with van der Waals surface area (Å²) in [4.78, 5) is 0. The molecule has 1 nitrogen and oxygen atoms in total. The summed E-state index contributed by atoms with van der Waals surface area (Å²) >= 11 is 0.284. The molecule has 13 heavy (non-hydrogen) atoms. The number of hydrogen-bond acceptors (Lipinski definition) is 0. The summed E-state index contributed by atoms with van der Waals surface area (Å²) in [6, 6.07) is 8.58. The topological polar surface area (TPSA) is 4.93 Å². The molecular formula is C11H14NS+.